The normalized spacial score (nSPS) is 10.2. The third-order valence-electron chi connectivity index (χ3n) is 1.90. The van der Waals surface area contributed by atoms with Gasteiger partial charge in [-0.05, 0) is 32.9 Å². The minimum atomic E-state index is 1.03. The van der Waals surface area contributed by atoms with E-state index in [0.717, 1.165) is 6.42 Å². The molecule has 0 spiro atoms. The number of thiophene rings is 1. The van der Waals surface area contributed by atoms with Crippen LogP contribution in [0.3, 0.4) is 0 Å². The van der Waals surface area contributed by atoms with Gasteiger partial charge in [0, 0.05) is 15.8 Å². The van der Waals surface area contributed by atoms with Gasteiger partial charge in [-0.25, -0.2) is 0 Å². The van der Waals surface area contributed by atoms with Crippen LogP contribution in [0.5, 0.6) is 0 Å². The summed E-state index contributed by atoms with van der Waals surface area (Å²) in [5, 5.41) is 2.11. The summed E-state index contributed by atoms with van der Waals surface area (Å²) in [7, 11) is 0. The zero-order valence-electron chi connectivity index (χ0n) is 7.03. The number of rotatable bonds is 2. The van der Waals surface area contributed by atoms with Crippen LogP contribution in [0.1, 0.15) is 10.4 Å². The average molecular weight is 253 g/mol. The minimum absolute atomic E-state index is 1.03. The molecule has 0 saturated heterocycles. The average Bonchev–Trinajstić information content (AvgIpc) is 2.54. The van der Waals surface area contributed by atoms with E-state index in [4.69, 9.17) is 0 Å². The number of halogens is 1. The van der Waals surface area contributed by atoms with Gasteiger partial charge < -0.3 is 0 Å². The fourth-order valence-corrected chi connectivity index (χ4v) is 2.76. The van der Waals surface area contributed by atoms with E-state index >= 15 is 0 Å². The Morgan fingerprint density at radius 3 is 2.46 bits per heavy atom. The van der Waals surface area contributed by atoms with Crippen LogP contribution < -0.4 is 0 Å². The summed E-state index contributed by atoms with van der Waals surface area (Å²) >= 11 is 5.33. The Kier molecular flexibility index (Phi) is 2.81. The van der Waals surface area contributed by atoms with E-state index in [1.807, 2.05) is 6.07 Å². The Bertz CT molecular complexity index is 378. The highest BCUT2D eigenvalue weighted by Gasteiger charge is 2.01. The van der Waals surface area contributed by atoms with Crippen molar-refractivity contribution in [1.82, 2.24) is 0 Å². The van der Waals surface area contributed by atoms with E-state index in [-0.39, 0.29) is 0 Å². The van der Waals surface area contributed by atoms with Gasteiger partial charge in [0.25, 0.3) is 0 Å². The zero-order valence-corrected chi connectivity index (χ0v) is 9.44. The second-order valence-corrected chi connectivity index (χ2v) is 4.71. The topological polar surface area (TPSA) is 0 Å². The Balaban J connectivity index is 2.20. The molecule has 0 atom stereocenters. The molecule has 0 radical (unpaired) electrons. The van der Waals surface area contributed by atoms with Gasteiger partial charge in [-0.15, -0.1) is 11.3 Å². The summed E-state index contributed by atoms with van der Waals surface area (Å²) < 4.78 is 1.22. The molecule has 0 aliphatic heterocycles. The monoisotopic (exact) mass is 252 g/mol. The molecule has 0 saturated carbocycles. The van der Waals surface area contributed by atoms with Crippen LogP contribution in [0.15, 0.2) is 46.3 Å². The molecule has 2 heteroatoms. The maximum absolute atomic E-state index is 3.53. The van der Waals surface area contributed by atoms with E-state index in [2.05, 4.69) is 51.6 Å². The minimum Gasteiger partial charge on any atom is -0.147 e. The SMILES string of the molecule is Brc1ccsc1Cc1ccccc1. The van der Waals surface area contributed by atoms with Crippen molar-refractivity contribution < 1.29 is 0 Å². The van der Waals surface area contributed by atoms with Crippen LogP contribution in [0.4, 0.5) is 0 Å². The lowest BCUT2D eigenvalue weighted by molar-refractivity contribution is 1.23. The highest BCUT2D eigenvalue weighted by atomic mass is 79.9. The van der Waals surface area contributed by atoms with E-state index in [0.29, 0.717) is 0 Å². The van der Waals surface area contributed by atoms with Crippen molar-refractivity contribution in [3.8, 4) is 0 Å². The van der Waals surface area contributed by atoms with Crippen molar-refractivity contribution in [2.24, 2.45) is 0 Å². The van der Waals surface area contributed by atoms with Gasteiger partial charge in [0.2, 0.25) is 0 Å². The third kappa shape index (κ3) is 2.20. The van der Waals surface area contributed by atoms with Crippen LogP contribution in [0.2, 0.25) is 0 Å². The molecule has 0 bridgehead atoms. The van der Waals surface area contributed by atoms with Gasteiger partial charge in [-0.3, -0.25) is 0 Å². The van der Waals surface area contributed by atoms with Crippen molar-refractivity contribution in [3.63, 3.8) is 0 Å². The van der Waals surface area contributed by atoms with Gasteiger partial charge in [0.05, 0.1) is 0 Å². The van der Waals surface area contributed by atoms with E-state index in [9.17, 15) is 0 Å². The van der Waals surface area contributed by atoms with Crippen LogP contribution in [-0.2, 0) is 6.42 Å². The standard InChI is InChI=1S/C11H9BrS/c12-10-6-7-13-11(10)8-9-4-2-1-3-5-9/h1-7H,8H2. The van der Waals surface area contributed by atoms with E-state index in [1.54, 1.807) is 11.3 Å². The highest BCUT2D eigenvalue weighted by molar-refractivity contribution is 9.10. The number of benzene rings is 1. The summed E-state index contributed by atoms with van der Waals surface area (Å²) in [5.41, 5.74) is 1.37. The summed E-state index contributed by atoms with van der Waals surface area (Å²) in [6, 6.07) is 12.6. The third-order valence-corrected chi connectivity index (χ3v) is 3.82. The Labute approximate surface area is 90.4 Å². The molecule has 0 fully saturated rings. The van der Waals surface area contributed by atoms with Crippen LogP contribution >= 0.6 is 27.3 Å². The van der Waals surface area contributed by atoms with E-state index < -0.39 is 0 Å². The van der Waals surface area contributed by atoms with Crippen molar-refractivity contribution in [3.05, 3.63) is 56.7 Å². The second kappa shape index (κ2) is 4.07. The molecular weight excluding hydrogens is 244 g/mol. The first-order valence-electron chi connectivity index (χ1n) is 4.12. The molecule has 2 rings (SSSR count). The highest BCUT2D eigenvalue weighted by Crippen LogP contribution is 2.25. The molecule has 0 amide bonds. The lowest BCUT2D eigenvalue weighted by Gasteiger charge is -1.98. The quantitative estimate of drug-likeness (QED) is 0.755. The van der Waals surface area contributed by atoms with Gasteiger partial charge in [0.1, 0.15) is 0 Å². The molecule has 2 aromatic rings. The van der Waals surface area contributed by atoms with Crippen molar-refractivity contribution in [2.45, 2.75) is 6.42 Å². The second-order valence-electron chi connectivity index (χ2n) is 2.85. The van der Waals surface area contributed by atoms with Crippen LogP contribution in [-0.4, -0.2) is 0 Å². The van der Waals surface area contributed by atoms with Gasteiger partial charge in [-0.1, -0.05) is 30.3 Å². The molecule has 1 aromatic carbocycles. The molecule has 0 N–H and O–H groups in total. The molecule has 0 aliphatic rings. The predicted molar refractivity (Wildman–Crippen MR) is 61.3 cm³/mol. The lowest BCUT2D eigenvalue weighted by Crippen LogP contribution is -1.83. The smallest absolute Gasteiger partial charge is 0.0317 e. The molecule has 13 heavy (non-hydrogen) atoms. The Hall–Kier alpha value is -0.600. The molecule has 0 aliphatic carbocycles. The maximum Gasteiger partial charge on any atom is 0.0317 e. The van der Waals surface area contributed by atoms with Gasteiger partial charge >= 0.3 is 0 Å². The van der Waals surface area contributed by atoms with Crippen molar-refractivity contribution in [2.75, 3.05) is 0 Å². The number of hydrogen-bond acceptors (Lipinski definition) is 1. The Morgan fingerprint density at radius 1 is 1.08 bits per heavy atom. The maximum atomic E-state index is 3.53. The summed E-state index contributed by atoms with van der Waals surface area (Å²) in [6.45, 7) is 0. The zero-order chi connectivity index (χ0) is 9.10. The van der Waals surface area contributed by atoms with E-state index in [1.165, 1.54) is 14.9 Å². The summed E-state index contributed by atoms with van der Waals surface area (Å²) in [6.07, 6.45) is 1.03. The molecule has 0 unspecified atom stereocenters. The molecule has 1 aromatic heterocycles. The fourth-order valence-electron chi connectivity index (χ4n) is 1.23. The first kappa shape index (κ1) is 8.97. The number of hydrogen-bond donors (Lipinski definition) is 0. The molecule has 66 valence electrons. The van der Waals surface area contributed by atoms with Crippen molar-refractivity contribution >= 4 is 27.3 Å². The van der Waals surface area contributed by atoms with Gasteiger partial charge in [-0.2, -0.15) is 0 Å². The van der Waals surface area contributed by atoms with Crippen molar-refractivity contribution in [1.29, 1.82) is 0 Å². The van der Waals surface area contributed by atoms with Crippen LogP contribution in [0, 0.1) is 0 Å². The van der Waals surface area contributed by atoms with Crippen LogP contribution in [0.25, 0.3) is 0 Å². The fraction of sp³-hybridized carbons (Fsp3) is 0.0909. The largest absolute Gasteiger partial charge is 0.147 e. The molecule has 0 nitrogen and oxygen atoms in total. The first-order valence-corrected chi connectivity index (χ1v) is 5.79. The molecular formula is C11H9BrS. The van der Waals surface area contributed by atoms with Gasteiger partial charge in [0.15, 0.2) is 0 Å². The Morgan fingerprint density at radius 2 is 1.85 bits per heavy atom. The summed E-state index contributed by atoms with van der Waals surface area (Å²) in [4.78, 5) is 1.39. The molecule has 1 heterocycles. The predicted octanol–water partition coefficient (Wildman–Crippen LogP) is 4.10. The lowest BCUT2D eigenvalue weighted by atomic mass is 10.1. The first-order chi connectivity index (χ1) is 6.36. The summed E-state index contributed by atoms with van der Waals surface area (Å²) in [5.74, 6) is 0.